The average molecular weight is 437 g/mol. The summed E-state index contributed by atoms with van der Waals surface area (Å²) in [6, 6.07) is 16.7. The van der Waals surface area contributed by atoms with Gasteiger partial charge in [0.25, 0.3) is 5.56 Å². The van der Waals surface area contributed by atoms with Gasteiger partial charge in [0.15, 0.2) is 11.2 Å². The van der Waals surface area contributed by atoms with E-state index in [1.54, 1.807) is 21.3 Å². The summed E-state index contributed by atoms with van der Waals surface area (Å²) in [6.07, 6.45) is 1.73. The highest BCUT2D eigenvalue weighted by molar-refractivity contribution is 6.33. The third-order valence-electron chi connectivity index (χ3n) is 4.99. The quantitative estimate of drug-likeness (QED) is 0.431. The molecule has 2 aromatic carbocycles. The normalized spacial score (nSPS) is 11.4. The van der Waals surface area contributed by atoms with Crippen molar-refractivity contribution in [2.45, 2.75) is 13.5 Å². The van der Waals surface area contributed by atoms with E-state index in [9.17, 15) is 4.79 Å². The summed E-state index contributed by atoms with van der Waals surface area (Å²) in [5.74, 6) is 1.15. The number of H-pyrrole nitrogens is 1. The minimum absolute atomic E-state index is 0.184. The van der Waals surface area contributed by atoms with Crippen LogP contribution in [0.2, 0.25) is 10.0 Å². The summed E-state index contributed by atoms with van der Waals surface area (Å²) in [4.78, 5) is 22.6. The molecule has 0 saturated heterocycles. The molecule has 0 saturated carbocycles. The maximum Gasteiger partial charge on any atom is 0.458 e. The van der Waals surface area contributed by atoms with Crippen molar-refractivity contribution in [3.63, 3.8) is 0 Å². The van der Waals surface area contributed by atoms with E-state index in [0.717, 1.165) is 11.1 Å². The van der Waals surface area contributed by atoms with Crippen molar-refractivity contribution in [1.29, 1.82) is 0 Å². The number of rotatable bonds is 3. The van der Waals surface area contributed by atoms with Gasteiger partial charge in [-0.2, -0.15) is 0 Å². The van der Waals surface area contributed by atoms with Crippen molar-refractivity contribution >= 4 is 39.9 Å². The molecule has 0 unspecified atom stereocenters. The lowest BCUT2D eigenvalue weighted by Crippen LogP contribution is -2.32. The Bertz CT molecular complexity index is 1490. The predicted molar refractivity (Wildman–Crippen MR) is 117 cm³/mol. The first-order valence-corrected chi connectivity index (χ1v) is 10.1. The second-order valence-electron chi connectivity index (χ2n) is 6.99. The highest BCUT2D eigenvalue weighted by Gasteiger charge is 2.25. The number of aromatic nitrogens is 5. The van der Waals surface area contributed by atoms with Crippen LogP contribution in [0.15, 0.2) is 65.6 Å². The fraction of sp³-hybridized carbons (Fsp3) is 0.0909. The molecule has 1 N–H and O–H groups in total. The number of fused-ring (bicyclic) bond motifs is 2. The maximum atomic E-state index is 13.6. The molecule has 0 atom stereocenters. The van der Waals surface area contributed by atoms with Crippen LogP contribution in [0.5, 0.6) is 0 Å². The largest absolute Gasteiger partial charge is 0.458 e. The third-order valence-corrected chi connectivity index (χ3v) is 5.69. The standard InChI is InChI=1S/C22H15Cl2N5O/c1-13-25-22-26-18-10-11-28(12-14-6-2-4-8-16(14)23)21(30)19(18)20(29(22)27-13)15-7-3-5-9-17(15)24/h2-11H,12H2,1H3/p+1. The van der Waals surface area contributed by atoms with Crippen molar-refractivity contribution in [3.8, 4) is 11.3 Å². The molecule has 0 bridgehead atoms. The molecule has 0 spiro atoms. The molecule has 148 valence electrons. The molecule has 3 heterocycles. The lowest BCUT2D eigenvalue weighted by molar-refractivity contribution is -0.567. The monoisotopic (exact) mass is 436 g/mol. The average Bonchev–Trinajstić information content (AvgIpc) is 3.10. The minimum atomic E-state index is -0.184. The molecule has 5 rings (SSSR count). The molecule has 3 aromatic heterocycles. The number of nitrogens with one attached hydrogen (secondary N) is 1. The van der Waals surface area contributed by atoms with Crippen LogP contribution in [0.3, 0.4) is 0 Å². The van der Waals surface area contributed by atoms with E-state index in [0.29, 0.717) is 44.8 Å². The molecule has 0 amide bonds. The van der Waals surface area contributed by atoms with Crippen molar-refractivity contribution in [2.24, 2.45) is 0 Å². The lowest BCUT2D eigenvalue weighted by atomic mass is 10.1. The summed E-state index contributed by atoms with van der Waals surface area (Å²) in [5, 5.41) is 4.77. The molecular formula is C22H16Cl2N5O+. The molecule has 5 aromatic rings. The number of halogens is 2. The molecule has 0 aliphatic heterocycles. The Morgan fingerprint density at radius 1 is 1.00 bits per heavy atom. The highest BCUT2D eigenvalue weighted by Crippen LogP contribution is 2.29. The van der Waals surface area contributed by atoms with E-state index in [4.69, 9.17) is 23.2 Å². The molecular weight excluding hydrogens is 421 g/mol. The van der Waals surface area contributed by atoms with Gasteiger partial charge in [-0.25, -0.2) is 5.10 Å². The number of nitrogens with zero attached hydrogens (tertiary/aromatic N) is 4. The number of hydrogen-bond donors (Lipinski definition) is 1. The summed E-state index contributed by atoms with van der Waals surface area (Å²) in [7, 11) is 0. The van der Waals surface area contributed by atoms with Crippen LogP contribution in [0.4, 0.5) is 0 Å². The van der Waals surface area contributed by atoms with Gasteiger partial charge >= 0.3 is 5.78 Å². The van der Waals surface area contributed by atoms with Gasteiger partial charge in [0.05, 0.1) is 11.6 Å². The topological polar surface area (TPSA) is 67.7 Å². The van der Waals surface area contributed by atoms with E-state index in [1.807, 2.05) is 55.5 Å². The Labute approximate surface area is 181 Å². The van der Waals surface area contributed by atoms with Crippen LogP contribution in [-0.4, -0.2) is 19.6 Å². The smallest absolute Gasteiger partial charge is 0.310 e. The predicted octanol–water partition coefficient (Wildman–Crippen LogP) is 4.19. The van der Waals surface area contributed by atoms with E-state index in [2.05, 4.69) is 15.1 Å². The van der Waals surface area contributed by atoms with E-state index >= 15 is 0 Å². The Morgan fingerprint density at radius 2 is 1.73 bits per heavy atom. The van der Waals surface area contributed by atoms with Crippen molar-refractivity contribution < 1.29 is 4.52 Å². The lowest BCUT2D eigenvalue weighted by Gasteiger charge is -2.10. The first kappa shape index (κ1) is 18.8. The first-order valence-electron chi connectivity index (χ1n) is 9.33. The summed E-state index contributed by atoms with van der Waals surface area (Å²) < 4.78 is 3.33. The number of pyridine rings is 1. The van der Waals surface area contributed by atoms with Gasteiger partial charge in [-0.15, -0.1) is 4.52 Å². The van der Waals surface area contributed by atoms with Gasteiger partial charge in [0, 0.05) is 23.7 Å². The van der Waals surface area contributed by atoms with E-state index < -0.39 is 0 Å². The van der Waals surface area contributed by atoms with Crippen LogP contribution >= 0.6 is 23.2 Å². The van der Waals surface area contributed by atoms with E-state index in [-0.39, 0.29) is 5.56 Å². The van der Waals surface area contributed by atoms with Crippen LogP contribution in [0.25, 0.3) is 27.9 Å². The minimum Gasteiger partial charge on any atom is -0.310 e. The van der Waals surface area contributed by atoms with Crippen LogP contribution < -0.4 is 10.1 Å². The molecule has 8 heteroatoms. The Morgan fingerprint density at radius 3 is 2.50 bits per heavy atom. The first-order chi connectivity index (χ1) is 14.5. The fourth-order valence-corrected chi connectivity index (χ4v) is 4.03. The second kappa shape index (κ2) is 7.23. The number of benzene rings is 2. The molecule has 6 nitrogen and oxygen atoms in total. The SMILES string of the molecule is Cc1nc2nc3ccn(Cc4ccccc4Cl)c(=O)c3c(-c3ccccc3Cl)[n+]2[nH]1. The van der Waals surface area contributed by atoms with Gasteiger partial charge in [-0.1, -0.05) is 63.5 Å². The van der Waals surface area contributed by atoms with Gasteiger partial charge in [-0.05, 0) is 29.8 Å². The molecule has 0 radical (unpaired) electrons. The summed E-state index contributed by atoms with van der Waals surface area (Å²) in [6.45, 7) is 2.19. The van der Waals surface area contributed by atoms with Gasteiger partial charge in [0.1, 0.15) is 5.39 Å². The Kier molecular flexibility index (Phi) is 4.53. The molecule has 0 aliphatic carbocycles. The zero-order valence-corrected chi connectivity index (χ0v) is 17.4. The van der Waals surface area contributed by atoms with E-state index in [1.165, 1.54) is 0 Å². The number of aryl methyl sites for hydroxylation is 1. The second-order valence-corrected chi connectivity index (χ2v) is 7.80. The zero-order chi connectivity index (χ0) is 20.8. The van der Waals surface area contributed by atoms with Crippen molar-refractivity contribution in [2.75, 3.05) is 0 Å². The van der Waals surface area contributed by atoms with Crippen molar-refractivity contribution in [3.05, 3.63) is 92.6 Å². The fourth-order valence-electron chi connectivity index (χ4n) is 3.61. The van der Waals surface area contributed by atoms with Crippen LogP contribution in [0, 0.1) is 6.92 Å². The molecule has 0 aliphatic rings. The van der Waals surface area contributed by atoms with Crippen LogP contribution in [-0.2, 0) is 6.54 Å². The maximum absolute atomic E-state index is 13.6. The highest BCUT2D eigenvalue weighted by atomic mass is 35.5. The number of aromatic amines is 1. The van der Waals surface area contributed by atoms with Crippen molar-refractivity contribution in [1.82, 2.24) is 19.6 Å². The van der Waals surface area contributed by atoms with Gasteiger partial charge in [-0.3, -0.25) is 4.79 Å². The Hall–Kier alpha value is -3.22. The zero-order valence-electron chi connectivity index (χ0n) is 15.9. The third kappa shape index (κ3) is 3.05. The van der Waals surface area contributed by atoms with Gasteiger partial charge < -0.3 is 4.57 Å². The Balaban J connectivity index is 1.85. The van der Waals surface area contributed by atoms with Crippen LogP contribution in [0.1, 0.15) is 11.4 Å². The summed E-state index contributed by atoms with van der Waals surface area (Å²) in [5.41, 5.74) is 2.57. The summed E-state index contributed by atoms with van der Waals surface area (Å²) >= 11 is 12.8. The van der Waals surface area contributed by atoms with Gasteiger partial charge in [0.2, 0.25) is 5.82 Å². The number of hydrogen-bond acceptors (Lipinski definition) is 3. The molecule has 30 heavy (non-hydrogen) atoms. The molecule has 0 fully saturated rings.